The highest BCUT2D eigenvalue weighted by molar-refractivity contribution is 6.05. The fourth-order valence-electron chi connectivity index (χ4n) is 3.40. The van der Waals surface area contributed by atoms with Gasteiger partial charge in [-0.3, -0.25) is 9.59 Å². The molecule has 4 rings (SSSR count). The molecule has 0 bridgehead atoms. The number of hydrogen-bond acceptors (Lipinski definition) is 3. The summed E-state index contributed by atoms with van der Waals surface area (Å²) in [5.41, 5.74) is 2.75. The van der Waals surface area contributed by atoms with E-state index in [0.717, 1.165) is 56.2 Å². The first-order valence-corrected chi connectivity index (χ1v) is 9.22. The Balaban J connectivity index is 1.61. The molecule has 2 aromatic rings. The number of rotatable bonds is 4. The van der Waals surface area contributed by atoms with Gasteiger partial charge in [-0.15, -0.1) is 0 Å². The Morgan fingerprint density at radius 3 is 2.69 bits per heavy atom. The van der Waals surface area contributed by atoms with Crippen molar-refractivity contribution in [3.05, 3.63) is 57.3 Å². The minimum atomic E-state index is -0.469. The van der Waals surface area contributed by atoms with Crippen molar-refractivity contribution in [3.8, 4) is 0 Å². The van der Waals surface area contributed by atoms with Crippen molar-refractivity contribution in [2.45, 2.75) is 51.0 Å². The number of pyridine rings is 1. The Labute approximate surface area is 151 Å². The summed E-state index contributed by atoms with van der Waals surface area (Å²) < 4.78 is 13.6. The summed E-state index contributed by atoms with van der Waals surface area (Å²) in [5, 5.41) is 5.98. The lowest BCUT2D eigenvalue weighted by Gasteiger charge is -2.13. The average molecular weight is 355 g/mol. The summed E-state index contributed by atoms with van der Waals surface area (Å²) in [6.07, 6.45) is 7.04. The van der Waals surface area contributed by atoms with Crippen LogP contribution < -0.4 is 16.2 Å². The number of carbonyl (C=O) groups is 1. The second-order valence-electron chi connectivity index (χ2n) is 7.14. The molecule has 1 amide bonds. The molecule has 1 heterocycles. The number of amides is 1. The molecular weight excluding hydrogens is 333 g/mol. The van der Waals surface area contributed by atoms with Crippen molar-refractivity contribution in [2.24, 2.45) is 0 Å². The Morgan fingerprint density at radius 2 is 1.88 bits per heavy atom. The molecule has 2 aliphatic carbocycles. The first-order chi connectivity index (χ1) is 12.6. The third kappa shape index (κ3) is 3.64. The van der Waals surface area contributed by atoms with Gasteiger partial charge in [-0.25, -0.2) is 4.39 Å². The fraction of sp³-hybridized carbons (Fsp3) is 0.400. The molecule has 0 aliphatic heterocycles. The van der Waals surface area contributed by atoms with Crippen LogP contribution in [0.3, 0.4) is 0 Å². The molecule has 0 saturated heterocycles. The van der Waals surface area contributed by atoms with Crippen LogP contribution >= 0.6 is 0 Å². The van der Waals surface area contributed by atoms with Gasteiger partial charge in [-0.2, -0.15) is 0 Å². The maximum atomic E-state index is 13.6. The lowest BCUT2D eigenvalue weighted by atomic mass is 10.1. The van der Waals surface area contributed by atoms with Crippen molar-refractivity contribution >= 4 is 17.3 Å². The van der Waals surface area contributed by atoms with E-state index in [1.807, 2.05) is 0 Å². The zero-order valence-electron chi connectivity index (χ0n) is 14.5. The molecule has 1 fully saturated rings. The third-order valence-corrected chi connectivity index (χ3v) is 5.00. The van der Waals surface area contributed by atoms with Gasteiger partial charge in [0.05, 0.1) is 11.4 Å². The SMILES string of the molecule is O=C(Nc1ccc(F)cc1NC1CC1)c1cc2c([nH]c1=O)CCCCC2. The Morgan fingerprint density at radius 1 is 1.08 bits per heavy atom. The summed E-state index contributed by atoms with van der Waals surface area (Å²) in [5.74, 6) is -0.835. The summed E-state index contributed by atoms with van der Waals surface area (Å²) in [6.45, 7) is 0. The molecule has 2 aliphatic rings. The Hall–Kier alpha value is -2.63. The summed E-state index contributed by atoms with van der Waals surface area (Å²) in [7, 11) is 0. The lowest BCUT2D eigenvalue weighted by molar-refractivity contribution is 0.102. The molecule has 3 N–H and O–H groups in total. The molecule has 0 atom stereocenters. The van der Waals surface area contributed by atoms with Crippen LogP contribution in [0.4, 0.5) is 15.8 Å². The topological polar surface area (TPSA) is 74.0 Å². The number of aromatic amines is 1. The van der Waals surface area contributed by atoms with E-state index >= 15 is 0 Å². The number of benzene rings is 1. The zero-order chi connectivity index (χ0) is 18.1. The van der Waals surface area contributed by atoms with Gasteiger partial charge < -0.3 is 15.6 Å². The van der Waals surface area contributed by atoms with Crippen LogP contribution in [0.5, 0.6) is 0 Å². The van der Waals surface area contributed by atoms with Gasteiger partial charge in [0.25, 0.3) is 11.5 Å². The first kappa shape index (κ1) is 16.8. The Bertz CT molecular complexity index is 902. The summed E-state index contributed by atoms with van der Waals surface area (Å²) in [6, 6.07) is 6.23. The van der Waals surface area contributed by atoms with Crippen LogP contribution in [0.2, 0.25) is 0 Å². The van der Waals surface area contributed by atoms with Gasteiger partial charge in [0.15, 0.2) is 0 Å². The minimum absolute atomic E-state index is 0.104. The quantitative estimate of drug-likeness (QED) is 0.734. The Kier molecular flexibility index (Phi) is 4.49. The van der Waals surface area contributed by atoms with Gasteiger partial charge in [0, 0.05) is 11.7 Å². The van der Waals surface area contributed by atoms with Crippen LogP contribution in [0.1, 0.15) is 53.7 Å². The van der Waals surface area contributed by atoms with E-state index in [2.05, 4.69) is 15.6 Å². The molecule has 0 radical (unpaired) electrons. The molecule has 1 aromatic carbocycles. The molecule has 6 heteroatoms. The molecule has 0 unspecified atom stereocenters. The monoisotopic (exact) mass is 355 g/mol. The van der Waals surface area contributed by atoms with E-state index in [0.29, 0.717) is 17.4 Å². The van der Waals surface area contributed by atoms with Gasteiger partial charge in [-0.1, -0.05) is 6.42 Å². The maximum absolute atomic E-state index is 13.6. The van der Waals surface area contributed by atoms with Crippen molar-refractivity contribution < 1.29 is 9.18 Å². The number of carbonyl (C=O) groups excluding carboxylic acids is 1. The van der Waals surface area contributed by atoms with Gasteiger partial charge in [0.2, 0.25) is 0 Å². The smallest absolute Gasteiger partial charge is 0.261 e. The van der Waals surface area contributed by atoms with E-state index in [9.17, 15) is 14.0 Å². The van der Waals surface area contributed by atoms with Crippen LogP contribution in [-0.4, -0.2) is 16.9 Å². The largest absolute Gasteiger partial charge is 0.381 e. The predicted molar refractivity (Wildman–Crippen MR) is 99.3 cm³/mol. The highest BCUT2D eigenvalue weighted by atomic mass is 19.1. The average Bonchev–Trinajstić information content (AvgIpc) is 3.43. The molecule has 136 valence electrons. The molecule has 26 heavy (non-hydrogen) atoms. The van der Waals surface area contributed by atoms with Gasteiger partial charge in [-0.05, 0) is 68.4 Å². The number of hydrogen-bond donors (Lipinski definition) is 3. The van der Waals surface area contributed by atoms with Crippen molar-refractivity contribution in [1.29, 1.82) is 0 Å². The minimum Gasteiger partial charge on any atom is -0.381 e. The normalized spacial score (nSPS) is 16.5. The predicted octanol–water partition coefficient (Wildman–Crippen LogP) is 3.61. The molecule has 5 nitrogen and oxygen atoms in total. The number of nitrogens with one attached hydrogen (secondary N) is 3. The van der Waals surface area contributed by atoms with Crippen LogP contribution in [0.25, 0.3) is 0 Å². The molecule has 1 saturated carbocycles. The fourth-order valence-corrected chi connectivity index (χ4v) is 3.40. The van der Waals surface area contributed by atoms with Crippen LogP contribution in [0, 0.1) is 5.82 Å². The number of aryl methyl sites for hydroxylation is 2. The standard InChI is InChI=1S/C20H22FN3O2/c21-13-6-9-17(18(11-13)22-14-7-8-14)24-20(26)15-10-12-4-2-1-3-5-16(12)23-19(15)25/h6,9-11,14,22H,1-5,7-8H2,(H,23,25)(H,24,26). The summed E-state index contributed by atoms with van der Waals surface area (Å²) >= 11 is 0. The number of anilines is 2. The highest BCUT2D eigenvalue weighted by Crippen LogP contribution is 2.30. The van der Waals surface area contributed by atoms with Crippen LogP contribution in [-0.2, 0) is 12.8 Å². The van der Waals surface area contributed by atoms with Crippen molar-refractivity contribution in [1.82, 2.24) is 4.98 Å². The second kappa shape index (κ2) is 6.94. The second-order valence-corrected chi connectivity index (χ2v) is 7.14. The van der Waals surface area contributed by atoms with E-state index in [1.54, 1.807) is 6.07 Å². The first-order valence-electron chi connectivity index (χ1n) is 9.22. The molecule has 0 spiro atoms. The van der Waals surface area contributed by atoms with Crippen molar-refractivity contribution in [3.63, 3.8) is 0 Å². The highest BCUT2D eigenvalue weighted by Gasteiger charge is 2.23. The number of halogens is 1. The number of aromatic nitrogens is 1. The van der Waals surface area contributed by atoms with Crippen molar-refractivity contribution in [2.75, 3.05) is 10.6 Å². The third-order valence-electron chi connectivity index (χ3n) is 5.00. The van der Waals surface area contributed by atoms with E-state index in [4.69, 9.17) is 0 Å². The lowest BCUT2D eigenvalue weighted by Crippen LogP contribution is -2.25. The van der Waals surface area contributed by atoms with Crippen LogP contribution in [0.15, 0.2) is 29.1 Å². The van der Waals surface area contributed by atoms with E-state index in [-0.39, 0.29) is 16.9 Å². The summed E-state index contributed by atoms with van der Waals surface area (Å²) in [4.78, 5) is 27.9. The molecule has 1 aromatic heterocycles. The zero-order valence-corrected chi connectivity index (χ0v) is 14.5. The van der Waals surface area contributed by atoms with Gasteiger partial charge >= 0.3 is 0 Å². The van der Waals surface area contributed by atoms with E-state index in [1.165, 1.54) is 18.2 Å². The van der Waals surface area contributed by atoms with Gasteiger partial charge in [0.1, 0.15) is 11.4 Å². The molecular formula is C20H22FN3O2. The maximum Gasteiger partial charge on any atom is 0.261 e. The number of H-pyrrole nitrogens is 1. The van der Waals surface area contributed by atoms with E-state index < -0.39 is 5.91 Å². The number of fused-ring (bicyclic) bond motifs is 1.